The van der Waals surface area contributed by atoms with Crippen LogP contribution >= 0.6 is 23.2 Å². The molecule has 2 aliphatic carbocycles. The second kappa shape index (κ2) is 14.1. The van der Waals surface area contributed by atoms with Gasteiger partial charge >= 0.3 is 5.97 Å². The summed E-state index contributed by atoms with van der Waals surface area (Å²) in [6.45, 7) is 9.24. The Labute approximate surface area is 319 Å². The van der Waals surface area contributed by atoms with Crippen molar-refractivity contribution in [3.63, 3.8) is 0 Å². The van der Waals surface area contributed by atoms with Gasteiger partial charge in [-0.2, -0.15) is 0 Å². The number of piperidine rings is 1. The zero-order valence-corrected chi connectivity index (χ0v) is 33.3. The molecule has 2 unspecified atom stereocenters. The van der Waals surface area contributed by atoms with E-state index in [4.69, 9.17) is 32.4 Å². The van der Waals surface area contributed by atoms with Crippen LogP contribution in [0.15, 0.2) is 109 Å². The predicted molar refractivity (Wildman–Crippen MR) is 212 cm³/mol. The molecule has 2 saturated carbocycles. The van der Waals surface area contributed by atoms with Crippen molar-refractivity contribution in [3.8, 4) is 0 Å². The first kappa shape index (κ1) is 36.9. The van der Waals surface area contributed by atoms with Crippen LogP contribution in [0.4, 0.5) is 0 Å². The summed E-state index contributed by atoms with van der Waals surface area (Å²) in [5.41, 5.74) is 0.162. The third-order valence-electron chi connectivity index (χ3n) is 12.3. The minimum atomic E-state index is -2.94. The molecule has 8 heteroatoms. The van der Waals surface area contributed by atoms with Crippen LogP contribution in [0.2, 0.25) is 15.1 Å². The van der Waals surface area contributed by atoms with Gasteiger partial charge in [0.2, 0.25) is 5.91 Å². The van der Waals surface area contributed by atoms with Crippen molar-refractivity contribution in [3.05, 3.63) is 130 Å². The smallest absolute Gasteiger partial charge is 0.312 e. The van der Waals surface area contributed by atoms with Crippen molar-refractivity contribution in [1.29, 1.82) is 0 Å². The first-order valence-corrected chi connectivity index (χ1v) is 21.2. The van der Waals surface area contributed by atoms with E-state index in [9.17, 15) is 4.79 Å². The van der Waals surface area contributed by atoms with E-state index >= 15 is 4.79 Å². The lowest BCUT2D eigenvalue weighted by Gasteiger charge is -2.54. The number of ether oxygens (including phenoxy) is 1. The van der Waals surface area contributed by atoms with Crippen molar-refractivity contribution in [1.82, 2.24) is 4.90 Å². The van der Waals surface area contributed by atoms with Crippen molar-refractivity contribution in [2.24, 2.45) is 16.7 Å². The van der Waals surface area contributed by atoms with Gasteiger partial charge in [0.05, 0.1) is 36.6 Å². The van der Waals surface area contributed by atoms with Gasteiger partial charge in [0.25, 0.3) is 8.32 Å². The third-order valence-corrected chi connectivity index (χ3v) is 17.8. The zero-order valence-electron chi connectivity index (χ0n) is 30.8. The van der Waals surface area contributed by atoms with Crippen molar-refractivity contribution in [2.45, 2.75) is 82.8 Å². The second-order valence-corrected chi connectivity index (χ2v) is 21.5. The van der Waals surface area contributed by atoms with Gasteiger partial charge in [-0.3, -0.25) is 9.59 Å². The Hall–Kier alpha value is -3.42. The molecule has 0 spiro atoms. The lowest BCUT2D eigenvalue weighted by atomic mass is 9.61. The van der Waals surface area contributed by atoms with E-state index < -0.39 is 19.1 Å². The van der Waals surface area contributed by atoms with Crippen LogP contribution < -0.4 is 10.4 Å². The summed E-state index contributed by atoms with van der Waals surface area (Å²) in [7, 11) is -1.51. The number of hydrogen-bond donors (Lipinski definition) is 0. The highest BCUT2D eigenvalue weighted by Crippen LogP contribution is 2.67. The molecule has 1 amide bonds. The number of nitrogens with zero attached hydrogens (tertiary/aromatic N) is 1. The molecule has 0 N–H and O–H groups in total. The lowest BCUT2D eigenvalue weighted by Crippen LogP contribution is -2.68. The molecule has 1 saturated heterocycles. The monoisotopic (exact) mass is 753 g/mol. The molecule has 1 aliphatic heterocycles. The van der Waals surface area contributed by atoms with Gasteiger partial charge in [-0.05, 0) is 95.7 Å². The highest BCUT2D eigenvalue weighted by atomic mass is 35.5. The van der Waals surface area contributed by atoms with Gasteiger partial charge in [-0.25, -0.2) is 0 Å². The number of hydrogen-bond acceptors (Lipinski definition) is 4. The number of rotatable bonds is 11. The Bertz CT molecular complexity index is 1870. The summed E-state index contributed by atoms with van der Waals surface area (Å²) in [6.07, 6.45) is 3.74. The second-order valence-electron chi connectivity index (χ2n) is 16.4. The van der Waals surface area contributed by atoms with Gasteiger partial charge < -0.3 is 14.1 Å². The summed E-state index contributed by atoms with van der Waals surface area (Å²) >= 11 is 13.2. The number of halogens is 2. The molecule has 1 heterocycles. The van der Waals surface area contributed by atoms with Crippen molar-refractivity contribution >= 4 is 53.8 Å². The predicted octanol–water partition coefficient (Wildman–Crippen LogP) is 9.37. The van der Waals surface area contributed by atoms with E-state index in [1.54, 1.807) is 0 Å². The van der Waals surface area contributed by atoms with Crippen LogP contribution in [-0.4, -0.2) is 44.9 Å². The number of carbonyl (C=O) groups excluding carboxylic acids is 2. The van der Waals surface area contributed by atoms with Gasteiger partial charge in [-0.1, -0.05) is 129 Å². The molecule has 5 nitrogen and oxygen atoms in total. The fourth-order valence-electron chi connectivity index (χ4n) is 9.29. The Morgan fingerprint density at radius 3 is 1.94 bits per heavy atom. The largest absolute Gasteiger partial charge is 0.469 e. The summed E-state index contributed by atoms with van der Waals surface area (Å²) in [5, 5.41) is 3.45. The molecule has 4 aromatic carbocycles. The van der Waals surface area contributed by atoms with Crippen molar-refractivity contribution in [2.75, 3.05) is 13.7 Å². The average molecular weight is 755 g/mol. The summed E-state index contributed by atoms with van der Waals surface area (Å²) in [4.78, 5) is 31.5. The van der Waals surface area contributed by atoms with E-state index in [1.807, 2.05) is 49.4 Å². The number of esters is 1. The number of likely N-dealkylation sites (tertiary alicyclic amines) is 1. The molecule has 4 aromatic rings. The minimum absolute atomic E-state index is 0.00317. The molecular weight excluding hydrogens is 705 g/mol. The van der Waals surface area contributed by atoms with Crippen LogP contribution in [0, 0.1) is 16.7 Å². The molecule has 3 aliphatic rings. The quantitative estimate of drug-likeness (QED) is 0.113. The molecular formula is C44H49Cl2NO4Si. The van der Waals surface area contributed by atoms with Gasteiger partial charge in [-0.15, -0.1) is 0 Å². The molecule has 3 fully saturated rings. The molecule has 0 radical (unpaired) electrons. The Morgan fingerprint density at radius 2 is 1.44 bits per heavy atom. The maximum absolute atomic E-state index is 15.7. The van der Waals surface area contributed by atoms with Crippen LogP contribution in [0.1, 0.15) is 82.9 Å². The van der Waals surface area contributed by atoms with E-state index in [-0.39, 0.29) is 40.8 Å². The average Bonchev–Trinajstić information content (AvgIpc) is 4.08. The fourth-order valence-corrected chi connectivity index (χ4v) is 14.2. The van der Waals surface area contributed by atoms with Gasteiger partial charge in [0.1, 0.15) is 0 Å². The number of benzene rings is 4. The first-order valence-electron chi connectivity index (χ1n) is 18.5. The SMILES string of the molecule is COC(=O)C1([C@@]2(C)C[C@H](c3cccc(Cl)c3)C(c3ccc(Cl)cc3)N(C(CO[Si](c3ccccc3)(c3ccccc3)C(C)(C)C)C3CC3)C2=O)CC1. The molecule has 0 bridgehead atoms. The number of methoxy groups -OCH3 is 1. The third kappa shape index (κ3) is 6.34. The zero-order chi connectivity index (χ0) is 36.9. The topological polar surface area (TPSA) is 55.8 Å². The van der Waals surface area contributed by atoms with Gasteiger partial charge in [0, 0.05) is 16.0 Å². The van der Waals surface area contributed by atoms with Crippen molar-refractivity contribution < 1.29 is 18.8 Å². The van der Waals surface area contributed by atoms with E-state index in [1.165, 1.54) is 17.5 Å². The van der Waals surface area contributed by atoms with Crippen LogP contribution in [0.3, 0.4) is 0 Å². The normalized spacial score (nSPS) is 23.6. The highest BCUT2D eigenvalue weighted by molar-refractivity contribution is 6.99. The minimum Gasteiger partial charge on any atom is -0.469 e. The van der Waals surface area contributed by atoms with Crippen LogP contribution in [-0.2, 0) is 18.8 Å². The number of amides is 1. The van der Waals surface area contributed by atoms with E-state index in [0.717, 1.165) is 24.0 Å². The van der Waals surface area contributed by atoms with E-state index in [2.05, 4.69) is 92.4 Å². The summed E-state index contributed by atoms with van der Waals surface area (Å²) in [6, 6.07) is 36.7. The summed E-state index contributed by atoms with van der Waals surface area (Å²) < 4.78 is 13.1. The first-order chi connectivity index (χ1) is 24.9. The molecule has 7 rings (SSSR count). The van der Waals surface area contributed by atoms with Crippen LogP contribution in [0.5, 0.6) is 0 Å². The highest BCUT2D eigenvalue weighted by Gasteiger charge is 2.70. The summed E-state index contributed by atoms with van der Waals surface area (Å²) in [5.74, 6) is -0.201. The standard InChI is InChI=1S/C44H49Cl2NO4Si/c1-42(2,3)52(35-15-8-6-9-16-35,36-17-10-7-11-18-36)51-29-38(30-19-20-30)47-39(31-21-23-33(45)24-22-31)37(32-13-12-14-34(46)27-32)28-43(4,40(47)48)44(25-26-44)41(49)50-5/h6-18,21-24,27,30,37-39H,19-20,25-26,28-29H2,1-5H3/t37-,38?,39?,43+/m1/s1. The maximum atomic E-state index is 15.7. The molecule has 272 valence electrons. The van der Waals surface area contributed by atoms with Gasteiger partial charge in [0.15, 0.2) is 0 Å². The molecule has 0 aromatic heterocycles. The van der Waals surface area contributed by atoms with Crippen LogP contribution in [0.25, 0.3) is 0 Å². The fraction of sp³-hybridized carbons (Fsp3) is 0.409. The lowest BCUT2D eigenvalue weighted by molar-refractivity contribution is -0.173. The maximum Gasteiger partial charge on any atom is 0.312 e. The Kier molecular flexibility index (Phi) is 10.0. The molecule has 52 heavy (non-hydrogen) atoms. The Balaban J connectivity index is 1.41. The Morgan fingerprint density at radius 1 is 0.846 bits per heavy atom. The van der Waals surface area contributed by atoms with E-state index in [0.29, 0.717) is 35.9 Å². The molecule has 4 atom stereocenters. The number of carbonyl (C=O) groups is 2.